The van der Waals surface area contributed by atoms with Crippen molar-refractivity contribution < 1.29 is 24.9 Å². The first-order valence-electron chi connectivity index (χ1n) is 7.36. The van der Waals surface area contributed by atoms with Crippen LogP contribution in [0.4, 0.5) is 5.69 Å². The van der Waals surface area contributed by atoms with Crippen LogP contribution in [0, 0.1) is 0 Å². The van der Waals surface area contributed by atoms with Crippen molar-refractivity contribution in [2.45, 2.75) is 28.0 Å². The molecule has 1 aromatic rings. The van der Waals surface area contributed by atoms with Crippen molar-refractivity contribution in [3.05, 3.63) is 24.3 Å². The van der Waals surface area contributed by atoms with E-state index in [0.717, 1.165) is 0 Å². The van der Waals surface area contributed by atoms with E-state index in [-0.39, 0.29) is 12.5 Å². The van der Waals surface area contributed by atoms with Gasteiger partial charge in [-0.25, -0.2) is 4.99 Å². The Balaban J connectivity index is 1.79. The number of nitrogens with one attached hydrogen (secondary N) is 1. The SMILES string of the molecule is COc1ccc(N=C2NC(=O)[C@@H]3S[C@H](CO)[C@@H](O)[C@H](O)[C@@H]3S2)cc1. The molecule has 4 N–H and O–H groups in total. The van der Waals surface area contributed by atoms with Crippen LogP contribution < -0.4 is 10.1 Å². The Bertz CT molecular complexity index is 639. The molecule has 2 fully saturated rings. The number of carbonyl (C=O) groups excluding carboxylic acids is 1. The lowest BCUT2D eigenvalue weighted by atomic mass is 10.0. The second-order valence-corrected chi connectivity index (χ2v) is 8.00. The number of nitrogens with zero attached hydrogens (tertiary/aromatic N) is 1. The minimum Gasteiger partial charge on any atom is -0.497 e. The van der Waals surface area contributed by atoms with Gasteiger partial charge in [0, 0.05) is 0 Å². The molecule has 0 aliphatic carbocycles. The fourth-order valence-corrected chi connectivity index (χ4v) is 5.36. The molecule has 24 heavy (non-hydrogen) atoms. The largest absolute Gasteiger partial charge is 0.497 e. The highest BCUT2D eigenvalue weighted by atomic mass is 32.2. The van der Waals surface area contributed by atoms with Gasteiger partial charge in [0.05, 0.1) is 47.4 Å². The van der Waals surface area contributed by atoms with Gasteiger partial charge in [-0.3, -0.25) is 4.79 Å². The maximum absolute atomic E-state index is 12.3. The van der Waals surface area contributed by atoms with Crippen molar-refractivity contribution in [1.29, 1.82) is 0 Å². The number of benzene rings is 1. The van der Waals surface area contributed by atoms with Gasteiger partial charge < -0.3 is 25.4 Å². The Morgan fingerprint density at radius 3 is 2.58 bits per heavy atom. The van der Waals surface area contributed by atoms with Crippen molar-refractivity contribution in [3.8, 4) is 5.75 Å². The zero-order valence-corrected chi connectivity index (χ0v) is 14.5. The predicted octanol–water partition coefficient (Wildman–Crippen LogP) is 0.112. The molecule has 2 saturated heterocycles. The van der Waals surface area contributed by atoms with Crippen molar-refractivity contribution in [1.82, 2.24) is 5.32 Å². The van der Waals surface area contributed by atoms with Crippen molar-refractivity contribution >= 4 is 40.3 Å². The summed E-state index contributed by atoms with van der Waals surface area (Å²) in [5, 5.41) is 31.1. The number of fused-ring (bicyclic) bond motifs is 1. The van der Waals surface area contributed by atoms with Gasteiger partial charge in [0.15, 0.2) is 5.17 Å². The van der Waals surface area contributed by atoms with Crippen molar-refractivity contribution in [2.24, 2.45) is 4.99 Å². The van der Waals surface area contributed by atoms with Gasteiger partial charge in [-0.1, -0.05) is 11.8 Å². The molecule has 0 radical (unpaired) electrons. The molecule has 1 amide bonds. The zero-order chi connectivity index (χ0) is 17.3. The third-order valence-electron chi connectivity index (χ3n) is 3.91. The minimum atomic E-state index is -1.11. The first-order chi connectivity index (χ1) is 11.5. The number of amidine groups is 1. The Kier molecular flexibility index (Phi) is 5.36. The van der Waals surface area contributed by atoms with Crippen LogP contribution in [-0.2, 0) is 4.79 Å². The number of hydrogen-bond acceptors (Lipinski definition) is 8. The van der Waals surface area contributed by atoms with Gasteiger partial charge in [0.2, 0.25) is 5.91 Å². The van der Waals surface area contributed by atoms with Crippen LogP contribution >= 0.6 is 23.5 Å². The van der Waals surface area contributed by atoms with Crippen molar-refractivity contribution in [2.75, 3.05) is 13.7 Å². The second-order valence-electron chi connectivity index (χ2n) is 5.45. The van der Waals surface area contributed by atoms with E-state index in [9.17, 15) is 20.1 Å². The van der Waals surface area contributed by atoms with Crippen LogP contribution in [0.3, 0.4) is 0 Å². The molecule has 0 spiro atoms. The third-order valence-corrected chi connectivity index (χ3v) is 6.90. The summed E-state index contributed by atoms with van der Waals surface area (Å²) in [7, 11) is 1.57. The lowest BCUT2D eigenvalue weighted by Crippen LogP contribution is -2.60. The van der Waals surface area contributed by atoms with Gasteiger partial charge in [-0.2, -0.15) is 0 Å². The van der Waals surface area contributed by atoms with Gasteiger partial charge in [0.1, 0.15) is 5.75 Å². The Morgan fingerprint density at radius 1 is 1.25 bits per heavy atom. The molecule has 5 atom stereocenters. The molecule has 7 nitrogen and oxygen atoms in total. The molecule has 0 aromatic heterocycles. The van der Waals surface area contributed by atoms with Crippen LogP contribution in [-0.4, -0.2) is 68.1 Å². The van der Waals surface area contributed by atoms with E-state index in [4.69, 9.17) is 4.74 Å². The number of amides is 1. The van der Waals surface area contributed by atoms with Crippen LogP contribution in [0.15, 0.2) is 29.3 Å². The molecule has 130 valence electrons. The molecule has 2 aliphatic heterocycles. The van der Waals surface area contributed by atoms with E-state index < -0.39 is 28.0 Å². The van der Waals surface area contributed by atoms with Crippen LogP contribution in [0.2, 0.25) is 0 Å². The highest BCUT2D eigenvalue weighted by Crippen LogP contribution is 2.41. The molecule has 0 bridgehead atoms. The Morgan fingerprint density at radius 2 is 1.96 bits per heavy atom. The normalized spacial score (nSPS) is 34.6. The summed E-state index contributed by atoms with van der Waals surface area (Å²) in [6.07, 6.45) is -2.19. The van der Waals surface area contributed by atoms with Crippen LogP contribution in [0.1, 0.15) is 0 Å². The number of aliphatic hydroxyl groups is 3. The van der Waals surface area contributed by atoms with Gasteiger partial charge >= 0.3 is 0 Å². The average molecular weight is 370 g/mol. The number of rotatable bonds is 3. The highest BCUT2D eigenvalue weighted by molar-refractivity contribution is 8.15. The van der Waals surface area contributed by atoms with E-state index in [1.54, 1.807) is 31.4 Å². The zero-order valence-electron chi connectivity index (χ0n) is 12.8. The molecule has 9 heteroatoms. The summed E-state index contributed by atoms with van der Waals surface area (Å²) in [6, 6.07) is 7.04. The summed E-state index contributed by atoms with van der Waals surface area (Å²) in [5.74, 6) is 0.428. The summed E-state index contributed by atoms with van der Waals surface area (Å²) < 4.78 is 5.09. The molecular weight excluding hydrogens is 352 g/mol. The van der Waals surface area contributed by atoms with Gasteiger partial charge in [-0.15, -0.1) is 11.8 Å². The monoisotopic (exact) mass is 370 g/mol. The molecule has 0 saturated carbocycles. The predicted molar refractivity (Wildman–Crippen MR) is 93.9 cm³/mol. The number of methoxy groups -OCH3 is 1. The Hall–Kier alpha value is -1.26. The molecule has 3 rings (SSSR count). The van der Waals surface area contributed by atoms with Crippen LogP contribution in [0.25, 0.3) is 0 Å². The van der Waals surface area contributed by atoms with Gasteiger partial charge in [0.25, 0.3) is 0 Å². The molecule has 1 aromatic carbocycles. The number of carbonyl (C=O) groups is 1. The van der Waals surface area contributed by atoms with E-state index in [0.29, 0.717) is 16.6 Å². The molecule has 0 unspecified atom stereocenters. The Labute approximate surface area is 147 Å². The van der Waals surface area contributed by atoms with Crippen LogP contribution in [0.5, 0.6) is 5.75 Å². The minimum absolute atomic E-state index is 0.277. The molecule has 2 aliphatic rings. The van der Waals surface area contributed by atoms with E-state index in [2.05, 4.69) is 10.3 Å². The fourth-order valence-electron chi connectivity index (χ4n) is 2.60. The number of thioether (sulfide) groups is 2. The topological polar surface area (TPSA) is 111 Å². The smallest absolute Gasteiger partial charge is 0.240 e. The molecular formula is C15H18N2O5S2. The van der Waals surface area contributed by atoms with E-state index in [1.807, 2.05) is 0 Å². The van der Waals surface area contributed by atoms with Crippen molar-refractivity contribution in [3.63, 3.8) is 0 Å². The quantitative estimate of drug-likeness (QED) is 0.598. The van der Waals surface area contributed by atoms with E-state index >= 15 is 0 Å². The highest BCUT2D eigenvalue weighted by Gasteiger charge is 2.50. The first kappa shape index (κ1) is 17.6. The first-order valence-corrected chi connectivity index (χ1v) is 9.18. The summed E-state index contributed by atoms with van der Waals surface area (Å²) in [5.41, 5.74) is 0.642. The maximum Gasteiger partial charge on any atom is 0.240 e. The molecule has 2 heterocycles. The number of aliphatic imine (C=N–C) groups is 1. The lowest BCUT2D eigenvalue weighted by molar-refractivity contribution is -0.120. The number of aliphatic hydroxyl groups excluding tert-OH is 3. The standard InChI is InChI=1S/C15H18N2O5S2/c1-22-8-4-2-7(3-5-8)16-15-17-14(21)13-12(24-15)11(20)10(19)9(6-18)23-13/h2-5,9-13,18-20H,6H2,1H3,(H,16,17,21)/t9-,10-,11+,12+,13-/m1/s1. The average Bonchev–Trinajstić information content (AvgIpc) is 2.59. The maximum atomic E-state index is 12.3. The van der Waals surface area contributed by atoms with Gasteiger partial charge in [-0.05, 0) is 24.3 Å². The second kappa shape index (κ2) is 7.32. The number of ether oxygens (including phenoxy) is 1. The number of hydrogen-bond donors (Lipinski definition) is 4. The third kappa shape index (κ3) is 3.40. The summed E-state index contributed by atoms with van der Waals surface area (Å²) in [4.78, 5) is 16.7. The summed E-state index contributed by atoms with van der Waals surface area (Å²) in [6.45, 7) is -0.295. The fraction of sp³-hybridized carbons (Fsp3) is 0.467. The lowest BCUT2D eigenvalue weighted by Gasteiger charge is -2.43. The van der Waals surface area contributed by atoms with E-state index in [1.165, 1.54) is 23.5 Å². The summed E-state index contributed by atoms with van der Waals surface area (Å²) >= 11 is 2.41.